The van der Waals surface area contributed by atoms with Gasteiger partial charge in [0.05, 0.1) is 24.7 Å². The van der Waals surface area contributed by atoms with Crippen molar-refractivity contribution in [1.29, 1.82) is 0 Å². The van der Waals surface area contributed by atoms with Gasteiger partial charge in [0.2, 0.25) is 0 Å². The van der Waals surface area contributed by atoms with Gasteiger partial charge in [-0.1, -0.05) is 15.9 Å². The zero-order valence-corrected chi connectivity index (χ0v) is 14.4. The number of aliphatic hydroxyl groups is 1. The number of aromatic hydroxyl groups is 1. The van der Waals surface area contributed by atoms with Crippen LogP contribution in [0.15, 0.2) is 45.3 Å². The fourth-order valence-corrected chi connectivity index (χ4v) is 2.69. The third-order valence-electron chi connectivity index (χ3n) is 3.65. The van der Waals surface area contributed by atoms with Crippen molar-refractivity contribution in [2.45, 2.75) is 13.5 Å². The lowest BCUT2D eigenvalue weighted by molar-refractivity contribution is 0.280. The predicted octanol–water partition coefficient (Wildman–Crippen LogP) is 3.28. The van der Waals surface area contributed by atoms with Gasteiger partial charge in [-0.05, 0) is 25.1 Å². The summed E-state index contributed by atoms with van der Waals surface area (Å²) in [5.74, 6) is -0.00322. The highest BCUT2D eigenvalue weighted by Gasteiger charge is 2.09. The summed E-state index contributed by atoms with van der Waals surface area (Å²) in [7, 11) is 0. The quantitative estimate of drug-likeness (QED) is 0.474. The number of aromatic amines is 1. The lowest BCUT2D eigenvalue weighted by Gasteiger charge is -2.06. The molecule has 3 N–H and O–H groups in total. The number of hydrogen-bond acceptors (Lipinski definition) is 5. The second-order valence-electron chi connectivity index (χ2n) is 5.21. The van der Waals surface area contributed by atoms with Gasteiger partial charge in [-0.2, -0.15) is 10.2 Å². The number of pyridine rings is 1. The van der Waals surface area contributed by atoms with E-state index in [1.807, 2.05) is 24.4 Å². The van der Waals surface area contributed by atoms with Gasteiger partial charge in [-0.15, -0.1) is 0 Å². The molecule has 0 amide bonds. The molecule has 3 aromatic rings. The summed E-state index contributed by atoms with van der Waals surface area (Å²) in [6, 6.07) is 5.94. The Labute approximate surface area is 146 Å². The van der Waals surface area contributed by atoms with Crippen molar-refractivity contribution in [3.05, 3.63) is 57.4 Å². The number of nitrogens with one attached hydrogen (secondary N) is 1. The predicted molar refractivity (Wildman–Crippen MR) is 97.7 cm³/mol. The largest absolute Gasteiger partial charge is 0.505 e. The molecule has 0 radical (unpaired) electrons. The van der Waals surface area contributed by atoms with E-state index in [-0.39, 0.29) is 12.4 Å². The molecule has 0 saturated carbocycles. The van der Waals surface area contributed by atoms with Crippen molar-refractivity contribution in [2.75, 3.05) is 0 Å². The topological polar surface area (TPSA) is 93.9 Å². The van der Waals surface area contributed by atoms with Gasteiger partial charge < -0.3 is 15.2 Å². The van der Waals surface area contributed by atoms with Crippen LogP contribution in [0.25, 0.3) is 10.9 Å². The molecule has 0 aliphatic carbocycles. The molecule has 0 fully saturated rings. The van der Waals surface area contributed by atoms with Crippen molar-refractivity contribution >= 4 is 39.3 Å². The van der Waals surface area contributed by atoms with Crippen LogP contribution in [0.4, 0.5) is 0 Å². The Hall–Kier alpha value is -2.51. The molecule has 2 aromatic heterocycles. The maximum Gasteiger partial charge on any atom is 0.145 e. The van der Waals surface area contributed by atoms with Crippen LogP contribution in [0.2, 0.25) is 0 Å². The minimum atomic E-state index is -0.234. The number of aryl methyl sites for hydroxylation is 1. The molecule has 0 bridgehead atoms. The van der Waals surface area contributed by atoms with Crippen LogP contribution in [0.5, 0.6) is 5.75 Å². The molecule has 0 saturated heterocycles. The van der Waals surface area contributed by atoms with E-state index in [0.29, 0.717) is 16.8 Å². The Balaban J connectivity index is 1.87. The Bertz CT molecular complexity index is 947. The first-order chi connectivity index (χ1) is 11.6. The maximum atomic E-state index is 10.0. The van der Waals surface area contributed by atoms with Crippen LogP contribution < -0.4 is 0 Å². The highest BCUT2D eigenvalue weighted by molar-refractivity contribution is 9.10. The highest BCUT2D eigenvalue weighted by Crippen LogP contribution is 2.23. The summed E-state index contributed by atoms with van der Waals surface area (Å²) in [6.07, 6.45) is 6.41. The van der Waals surface area contributed by atoms with E-state index in [0.717, 1.165) is 20.9 Å². The molecule has 0 unspecified atom stereocenters. The molecule has 0 aliphatic heterocycles. The second-order valence-corrected chi connectivity index (χ2v) is 6.13. The molecule has 3 rings (SSSR count). The third kappa shape index (κ3) is 3.22. The number of aromatic nitrogens is 2. The zero-order valence-electron chi connectivity index (χ0n) is 12.9. The fraction of sp³-hybridized carbons (Fsp3) is 0.118. The number of rotatable bonds is 4. The minimum absolute atomic E-state index is 0.00322. The van der Waals surface area contributed by atoms with Crippen LogP contribution in [-0.4, -0.2) is 32.6 Å². The minimum Gasteiger partial charge on any atom is -0.505 e. The average molecular weight is 387 g/mol. The average Bonchev–Trinajstić information content (AvgIpc) is 2.97. The smallest absolute Gasteiger partial charge is 0.145 e. The van der Waals surface area contributed by atoms with Crippen LogP contribution >= 0.6 is 15.9 Å². The SMILES string of the molecule is Cc1ncc(CO)c(C=NN=Cc2c[nH]c3ccc(Br)cc23)c1O. The van der Waals surface area contributed by atoms with Crippen LogP contribution in [0, 0.1) is 6.92 Å². The first kappa shape index (κ1) is 16.4. The van der Waals surface area contributed by atoms with Gasteiger partial charge in [0.15, 0.2) is 0 Å². The van der Waals surface area contributed by atoms with E-state index in [1.165, 1.54) is 12.4 Å². The monoisotopic (exact) mass is 386 g/mol. The van der Waals surface area contributed by atoms with Crippen molar-refractivity contribution < 1.29 is 10.2 Å². The van der Waals surface area contributed by atoms with Crippen molar-refractivity contribution in [1.82, 2.24) is 9.97 Å². The van der Waals surface area contributed by atoms with Gasteiger partial charge in [-0.25, -0.2) is 0 Å². The van der Waals surface area contributed by atoms with E-state index < -0.39 is 0 Å². The Morgan fingerprint density at radius 1 is 1.29 bits per heavy atom. The number of fused-ring (bicyclic) bond motifs is 1. The van der Waals surface area contributed by atoms with Crippen molar-refractivity contribution in [3.63, 3.8) is 0 Å². The molecular weight excluding hydrogens is 372 g/mol. The first-order valence-electron chi connectivity index (χ1n) is 7.21. The van der Waals surface area contributed by atoms with E-state index in [1.54, 1.807) is 13.1 Å². The number of H-pyrrole nitrogens is 1. The Morgan fingerprint density at radius 2 is 2.08 bits per heavy atom. The summed E-state index contributed by atoms with van der Waals surface area (Å²) < 4.78 is 0.984. The lowest BCUT2D eigenvalue weighted by Crippen LogP contribution is -1.97. The normalized spacial score (nSPS) is 12.0. The van der Waals surface area contributed by atoms with Gasteiger partial charge in [0.25, 0.3) is 0 Å². The van der Waals surface area contributed by atoms with E-state index in [2.05, 4.69) is 36.1 Å². The number of aliphatic hydroxyl groups excluding tert-OH is 1. The maximum absolute atomic E-state index is 10.0. The van der Waals surface area contributed by atoms with Gasteiger partial charge in [0.1, 0.15) is 5.75 Å². The standard InChI is InChI=1S/C17H15BrN4O2/c1-10-17(24)15(12(9-23)6-19-10)8-22-21-7-11-5-20-16-3-2-13(18)4-14(11)16/h2-8,20,23-24H,9H2,1H3. The summed E-state index contributed by atoms with van der Waals surface area (Å²) in [5.41, 5.74) is 3.30. The van der Waals surface area contributed by atoms with E-state index >= 15 is 0 Å². The van der Waals surface area contributed by atoms with Gasteiger partial charge >= 0.3 is 0 Å². The molecule has 122 valence electrons. The number of halogens is 1. The molecule has 7 heteroatoms. The van der Waals surface area contributed by atoms with Crippen LogP contribution in [0.3, 0.4) is 0 Å². The molecule has 24 heavy (non-hydrogen) atoms. The second kappa shape index (κ2) is 6.94. The molecule has 2 heterocycles. The Kier molecular flexibility index (Phi) is 4.73. The first-order valence-corrected chi connectivity index (χ1v) is 8.00. The summed E-state index contributed by atoms with van der Waals surface area (Å²) in [4.78, 5) is 7.17. The fourth-order valence-electron chi connectivity index (χ4n) is 2.33. The third-order valence-corrected chi connectivity index (χ3v) is 4.15. The number of nitrogens with zero attached hydrogens (tertiary/aromatic N) is 3. The molecule has 6 nitrogen and oxygen atoms in total. The van der Waals surface area contributed by atoms with Crippen molar-refractivity contribution in [3.8, 4) is 5.75 Å². The van der Waals surface area contributed by atoms with Crippen LogP contribution in [0.1, 0.15) is 22.4 Å². The number of hydrogen-bond donors (Lipinski definition) is 3. The van der Waals surface area contributed by atoms with Gasteiger partial charge in [0, 0.05) is 44.5 Å². The Morgan fingerprint density at radius 3 is 2.88 bits per heavy atom. The number of benzene rings is 1. The van der Waals surface area contributed by atoms with E-state index in [9.17, 15) is 10.2 Å². The molecule has 0 aliphatic rings. The summed E-state index contributed by atoms with van der Waals surface area (Å²) in [6.45, 7) is 1.45. The molecule has 0 spiro atoms. The highest BCUT2D eigenvalue weighted by atomic mass is 79.9. The lowest BCUT2D eigenvalue weighted by atomic mass is 10.1. The van der Waals surface area contributed by atoms with Gasteiger partial charge in [-0.3, -0.25) is 4.98 Å². The van der Waals surface area contributed by atoms with Crippen LogP contribution in [-0.2, 0) is 6.61 Å². The molecule has 1 aromatic carbocycles. The zero-order chi connectivity index (χ0) is 17.1. The molecular formula is C17H15BrN4O2. The summed E-state index contributed by atoms with van der Waals surface area (Å²) >= 11 is 3.45. The molecule has 0 atom stereocenters. The summed E-state index contributed by atoms with van der Waals surface area (Å²) in [5, 5.41) is 28.4. The van der Waals surface area contributed by atoms with E-state index in [4.69, 9.17) is 0 Å². The van der Waals surface area contributed by atoms with Crippen molar-refractivity contribution in [2.24, 2.45) is 10.2 Å².